The molecule has 6 unspecified atom stereocenters. The zero-order valence-electron chi connectivity index (χ0n) is 50.5. The number of carboxylic acids is 1. The fraction of sp³-hybridized carbons (Fsp3) is 0.652. The molecule has 0 aromatic rings. The average Bonchev–Trinajstić information content (AvgIpc) is 3.53. The second kappa shape index (κ2) is 55.6. The number of aliphatic hydroxyl groups is 2. The molecule has 0 aromatic carbocycles. The molecule has 12 heteroatoms. The van der Waals surface area contributed by atoms with Gasteiger partial charge >= 0.3 is 23.9 Å². The van der Waals surface area contributed by atoms with Crippen molar-refractivity contribution in [1.82, 2.24) is 0 Å². The van der Waals surface area contributed by atoms with Crippen LogP contribution in [0.1, 0.15) is 239 Å². The summed E-state index contributed by atoms with van der Waals surface area (Å²) < 4.78 is 28.4. The minimum absolute atomic E-state index is 0.0000426. The molecule has 0 bridgehead atoms. The Morgan fingerprint density at radius 1 is 0.420 bits per heavy atom. The van der Waals surface area contributed by atoms with Crippen molar-refractivity contribution >= 4 is 23.9 Å². The molecule has 1 saturated heterocycles. The highest BCUT2D eigenvalue weighted by atomic mass is 16.7. The molecule has 81 heavy (non-hydrogen) atoms. The summed E-state index contributed by atoms with van der Waals surface area (Å²) in [6, 6.07) is 0. The molecule has 0 amide bonds. The van der Waals surface area contributed by atoms with E-state index in [1.165, 1.54) is 19.3 Å². The van der Waals surface area contributed by atoms with Crippen molar-refractivity contribution in [1.29, 1.82) is 0 Å². The van der Waals surface area contributed by atoms with Gasteiger partial charge in [-0.3, -0.25) is 14.4 Å². The van der Waals surface area contributed by atoms with Gasteiger partial charge in [-0.2, -0.15) is 0 Å². The van der Waals surface area contributed by atoms with Crippen molar-refractivity contribution in [2.24, 2.45) is 0 Å². The molecular formula is C69H110O12. The first-order valence-electron chi connectivity index (χ1n) is 31.5. The van der Waals surface area contributed by atoms with Crippen LogP contribution in [-0.4, -0.2) is 89.2 Å². The van der Waals surface area contributed by atoms with Crippen LogP contribution in [0.3, 0.4) is 0 Å². The number of carboxylic acid groups (broad SMARTS) is 1. The van der Waals surface area contributed by atoms with E-state index in [0.717, 1.165) is 154 Å². The van der Waals surface area contributed by atoms with Crippen LogP contribution >= 0.6 is 0 Å². The van der Waals surface area contributed by atoms with Crippen molar-refractivity contribution in [3.8, 4) is 0 Å². The van der Waals surface area contributed by atoms with Crippen molar-refractivity contribution in [2.75, 3.05) is 13.2 Å². The van der Waals surface area contributed by atoms with E-state index in [4.69, 9.17) is 23.7 Å². The monoisotopic (exact) mass is 1130 g/mol. The van der Waals surface area contributed by atoms with Crippen molar-refractivity contribution in [3.05, 3.63) is 122 Å². The summed E-state index contributed by atoms with van der Waals surface area (Å²) in [4.78, 5) is 51.3. The summed E-state index contributed by atoms with van der Waals surface area (Å²) in [5, 5.41) is 31.5. The summed E-state index contributed by atoms with van der Waals surface area (Å²) in [6.45, 7) is 5.71. The maximum absolute atomic E-state index is 13.2. The molecule has 1 aliphatic heterocycles. The van der Waals surface area contributed by atoms with Gasteiger partial charge in [-0.1, -0.05) is 213 Å². The third-order valence-corrected chi connectivity index (χ3v) is 13.5. The lowest BCUT2D eigenvalue weighted by atomic mass is 9.98. The molecule has 1 rings (SSSR count). The van der Waals surface area contributed by atoms with E-state index in [0.29, 0.717) is 25.7 Å². The van der Waals surface area contributed by atoms with Crippen LogP contribution in [0.25, 0.3) is 0 Å². The number of allylic oxidation sites excluding steroid dienone is 20. The second-order valence-electron chi connectivity index (χ2n) is 20.9. The lowest BCUT2D eigenvalue weighted by molar-refractivity contribution is -0.301. The zero-order chi connectivity index (χ0) is 58.9. The molecular weight excluding hydrogens is 1020 g/mol. The van der Waals surface area contributed by atoms with Crippen LogP contribution in [0.15, 0.2) is 122 Å². The Balaban J connectivity index is 2.72. The van der Waals surface area contributed by atoms with E-state index in [-0.39, 0.29) is 25.9 Å². The Kier molecular flexibility index (Phi) is 50.9. The first-order chi connectivity index (χ1) is 39.6. The maximum atomic E-state index is 13.2. The molecule has 0 spiro atoms. The quantitative estimate of drug-likeness (QED) is 0.0228. The molecule has 1 fully saturated rings. The average molecular weight is 1130 g/mol. The third-order valence-electron chi connectivity index (χ3n) is 13.5. The van der Waals surface area contributed by atoms with E-state index in [1.807, 2.05) is 0 Å². The van der Waals surface area contributed by atoms with Gasteiger partial charge in [0.05, 0.1) is 6.61 Å². The zero-order valence-corrected chi connectivity index (χ0v) is 50.5. The van der Waals surface area contributed by atoms with Crippen molar-refractivity contribution in [2.45, 2.75) is 276 Å². The molecule has 12 nitrogen and oxygen atoms in total. The predicted octanol–water partition coefficient (Wildman–Crippen LogP) is 16.8. The fourth-order valence-corrected chi connectivity index (χ4v) is 8.73. The van der Waals surface area contributed by atoms with E-state index in [9.17, 15) is 34.5 Å². The number of carbonyl (C=O) groups excluding carboxylic acids is 3. The Morgan fingerprint density at radius 2 is 0.778 bits per heavy atom. The van der Waals surface area contributed by atoms with Gasteiger partial charge in [-0.05, 0) is 128 Å². The van der Waals surface area contributed by atoms with Gasteiger partial charge in [-0.15, -0.1) is 0 Å². The number of hydrogen-bond donors (Lipinski definition) is 3. The van der Waals surface area contributed by atoms with Gasteiger partial charge in [0.2, 0.25) is 0 Å². The van der Waals surface area contributed by atoms with Gasteiger partial charge in [0, 0.05) is 19.3 Å². The van der Waals surface area contributed by atoms with Crippen LogP contribution in [0.4, 0.5) is 0 Å². The van der Waals surface area contributed by atoms with Gasteiger partial charge in [0.15, 0.2) is 24.6 Å². The van der Waals surface area contributed by atoms with Gasteiger partial charge in [-0.25, -0.2) is 4.79 Å². The Hall–Kier alpha value is -4.88. The molecule has 6 atom stereocenters. The molecule has 1 aliphatic rings. The van der Waals surface area contributed by atoms with Gasteiger partial charge in [0.25, 0.3) is 0 Å². The summed E-state index contributed by atoms with van der Waals surface area (Å²) in [5.74, 6) is -3.21. The smallest absolute Gasteiger partial charge is 0.335 e. The summed E-state index contributed by atoms with van der Waals surface area (Å²) in [6.07, 6.45) is 64.4. The van der Waals surface area contributed by atoms with Crippen LogP contribution in [0, 0.1) is 0 Å². The molecule has 3 N–H and O–H groups in total. The number of rotatable bonds is 52. The van der Waals surface area contributed by atoms with Crippen molar-refractivity contribution in [3.63, 3.8) is 0 Å². The second-order valence-corrected chi connectivity index (χ2v) is 20.9. The first-order valence-corrected chi connectivity index (χ1v) is 31.5. The molecule has 458 valence electrons. The number of hydrogen-bond acceptors (Lipinski definition) is 11. The highest BCUT2D eigenvalue weighted by molar-refractivity contribution is 5.74. The Bertz CT molecular complexity index is 1870. The molecule has 1 heterocycles. The number of aliphatic hydroxyl groups excluding tert-OH is 2. The molecule has 0 aromatic heterocycles. The van der Waals surface area contributed by atoms with Crippen molar-refractivity contribution < 1.29 is 58.2 Å². The molecule has 0 radical (unpaired) electrons. The topological polar surface area (TPSA) is 175 Å². The minimum Gasteiger partial charge on any atom is -0.479 e. The minimum atomic E-state index is -1.93. The first kappa shape index (κ1) is 74.1. The lowest BCUT2D eigenvalue weighted by Crippen LogP contribution is -2.61. The fourth-order valence-electron chi connectivity index (χ4n) is 8.73. The summed E-state index contributed by atoms with van der Waals surface area (Å²) >= 11 is 0. The van der Waals surface area contributed by atoms with E-state index in [1.54, 1.807) is 0 Å². The number of unbranched alkanes of at least 4 members (excludes halogenated alkanes) is 18. The SMILES string of the molecule is CC/C=C\C/C=C\C/C=C\C/C=C\CCCCCCCCC(=O)OCC(COC1OC(C(=O)O)C(O)C(O)C1OC(=O)CCCC/C=C\C/C=C\C/C=C\C/C=C\CC)OC(=O)CCCCCCCCC/C=C\C/C=C\CCCCC. The lowest BCUT2D eigenvalue weighted by Gasteiger charge is -2.40. The predicted molar refractivity (Wildman–Crippen MR) is 330 cm³/mol. The third kappa shape index (κ3) is 45.3. The summed E-state index contributed by atoms with van der Waals surface area (Å²) in [7, 11) is 0. The highest BCUT2D eigenvalue weighted by Gasteiger charge is 2.50. The molecule has 0 aliphatic carbocycles. The van der Waals surface area contributed by atoms with Gasteiger partial charge in [0.1, 0.15) is 18.8 Å². The van der Waals surface area contributed by atoms with Crippen LogP contribution < -0.4 is 0 Å². The van der Waals surface area contributed by atoms with Crippen LogP contribution in [0.5, 0.6) is 0 Å². The van der Waals surface area contributed by atoms with E-state index in [2.05, 4.69) is 142 Å². The van der Waals surface area contributed by atoms with E-state index >= 15 is 0 Å². The Labute approximate surface area is 490 Å². The number of carbonyl (C=O) groups is 4. The number of ether oxygens (including phenoxy) is 5. The molecule has 0 saturated carbocycles. The largest absolute Gasteiger partial charge is 0.479 e. The number of esters is 3. The summed E-state index contributed by atoms with van der Waals surface area (Å²) in [5.41, 5.74) is 0. The normalized spacial score (nSPS) is 18.6. The highest BCUT2D eigenvalue weighted by Crippen LogP contribution is 2.26. The Morgan fingerprint density at radius 3 is 1.21 bits per heavy atom. The van der Waals surface area contributed by atoms with Gasteiger partial charge < -0.3 is 39.0 Å². The van der Waals surface area contributed by atoms with Crippen LogP contribution in [0.2, 0.25) is 0 Å². The maximum Gasteiger partial charge on any atom is 0.335 e. The number of aliphatic carboxylic acids is 1. The standard InChI is InChI=1S/C69H110O12/c1-4-7-10-13-16-19-22-25-28-30-31-33-35-37-40-43-46-49-52-55-61(70)77-58-60(79-62(71)56-53-50-47-44-41-39-36-32-29-26-23-20-17-14-11-8-5-2)59-78-69-67(65(74)64(73)66(81-69)68(75)76)80-63(72)57-54-51-48-45-42-38-34-27-24-21-18-15-12-9-6-3/h7,9-10,12,16-21,25-29,31,33-34,42,45,60,64-67,69,73-74H,4-6,8,11,13-15,22-24,30,32,35-41,43-44,46-59H2,1-3H3,(H,75,76)/b10-7-,12-9-,19-16-,20-17-,21-18-,28-25-,29-26-,33-31-,34-27-,45-42-. The van der Waals surface area contributed by atoms with Crippen LogP contribution in [-0.2, 0) is 42.9 Å². The van der Waals surface area contributed by atoms with E-state index < -0.39 is 67.3 Å².